The van der Waals surface area contributed by atoms with E-state index >= 15 is 0 Å². The van der Waals surface area contributed by atoms with Gasteiger partial charge < -0.3 is 0 Å². The quantitative estimate of drug-likeness (QED) is 0.395. The summed E-state index contributed by atoms with van der Waals surface area (Å²) in [7, 11) is 0. The van der Waals surface area contributed by atoms with Gasteiger partial charge in [-0.25, -0.2) is 0 Å². The maximum atomic E-state index is 3.53. The van der Waals surface area contributed by atoms with E-state index in [1.807, 2.05) is 0 Å². The zero-order valence-electron chi connectivity index (χ0n) is 11.5. The Balaban J connectivity index is 2.10. The molecule has 0 atom stereocenters. The molecule has 3 aromatic carbocycles. The van der Waals surface area contributed by atoms with Crippen molar-refractivity contribution in [1.29, 1.82) is 0 Å². The second kappa shape index (κ2) is 7.66. The van der Waals surface area contributed by atoms with Crippen molar-refractivity contribution in [1.82, 2.24) is 0 Å². The molecule has 0 nitrogen and oxygen atoms in total. The van der Waals surface area contributed by atoms with E-state index < -0.39 is 20.2 Å². The molecule has 0 saturated heterocycles. The van der Waals surface area contributed by atoms with E-state index in [2.05, 4.69) is 121 Å². The Morgan fingerprint density at radius 2 is 0.636 bits per heavy atom. The van der Waals surface area contributed by atoms with Gasteiger partial charge >= 0.3 is 165 Å². The first-order valence-electron chi connectivity index (χ1n) is 6.70. The van der Waals surface area contributed by atoms with E-state index in [-0.39, 0.29) is 0 Å². The van der Waals surface area contributed by atoms with Crippen molar-refractivity contribution in [3.63, 3.8) is 0 Å². The maximum absolute atomic E-state index is 3.53. The van der Waals surface area contributed by atoms with Gasteiger partial charge in [0.25, 0.3) is 0 Å². The van der Waals surface area contributed by atoms with E-state index in [0.29, 0.717) is 0 Å². The molecule has 0 aliphatic carbocycles. The topological polar surface area (TPSA) is 0 Å². The first kappa shape index (κ1) is 16.8. The minimum absolute atomic E-state index is 1.13. The van der Waals surface area contributed by atoms with E-state index in [9.17, 15) is 0 Å². The predicted octanol–water partition coefficient (Wildman–Crippen LogP) is 4.49. The number of rotatable bonds is 3. The van der Waals surface area contributed by atoms with Gasteiger partial charge in [0.2, 0.25) is 0 Å². The Bertz CT molecular complexity index is 642. The van der Waals surface area contributed by atoms with Crippen LogP contribution in [0.25, 0.3) is 0 Å². The Morgan fingerprint density at radius 3 is 0.864 bits per heavy atom. The summed E-state index contributed by atoms with van der Waals surface area (Å²) < 4.78 is 7.79. The van der Waals surface area contributed by atoms with E-state index in [1.54, 1.807) is 0 Å². The van der Waals surface area contributed by atoms with Gasteiger partial charge in [0.1, 0.15) is 0 Å². The third kappa shape index (κ3) is 4.06. The van der Waals surface area contributed by atoms with Gasteiger partial charge in [0.15, 0.2) is 0 Å². The first-order valence-corrected chi connectivity index (χ1v) is 12.9. The Morgan fingerprint density at radius 1 is 0.409 bits per heavy atom. The number of hydrogen-bond acceptors (Lipinski definition) is 0. The second-order valence-corrected chi connectivity index (χ2v) is 13.8. The zero-order chi connectivity index (χ0) is 15.5. The zero-order valence-corrected chi connectivity index (χ0v) is 18.8. The van der Waals surface area contributed by atoms with Crippen LogP contribution in [-0.4, -0.2) is 20.2 Å². The van der Waals surface area contributed by atoms with Gasteiger partial charge in [-0.2, -0.15) is 0 Å². The fourth-order valence-corrected chi connectivity index (χ4v) is 9.39. The summed E-state index contributed by atoms with van der Waals surface area (Å²) in [6.07, 6.45) is 0. The van der Waals surface area contributed by atoms with Crippen molar-refractivity contribution < 1.29 is 0 Å². The molecule has 0 heterocycles. The third-order valence-electron chi connectivity index (χ3n) is 3.25. The summed E-state index contributed by atoms with van der Waals surface area (Å²) in [5, 5.41) is 0. The molecular formula is C18H12Br3Sb. The molecule has 0 unspecified atom stereocenters. The molecule has 0 radical (unpaired) electrons. The van der Waals surface area contributed by atoms with Crippen LogP contribution in [-0.2, 0) is 0 Å². The summed E-state index contributed by atoms with van der Waals surface area (Å²) >= 11 is 8.64. The van der Waals surface area contributed by atoms with Crippen molar-refractivity contribution in [3.05, 3.63) is 86.2 Å². The molecular weight excluding hydrogens is 578 g/mol. The molecule has 0 saturated carbocycles. The fourth-order valence-electron chi connectivity index (χ4n) is 2.22. The van der Waals surface area contributed by atoms with E-state index in [1.165, 1.54) is 10.5 Å². The molecule has 0 amide bonds. The molecule has 3 aromatic rings. The van der Waals surface area contributed by atoms with Crippen molar-refractivity contribution in [2.45, 2.75) is 0 Å². The van der Waals surface area contributed by atoms with Gasteiger partial charge in [0, 0.05) is 0 Å². The molecule has 0 aliphatic rings. The Kier molecular flexibility index (Phi) is 5.84. The predicted molar refractivity (Wildman–Crippen MR) is 107 cm³/mol. The monoisotopic (exact) mass is 586 g/mol. The van der Waals surface area contributed by atoms with Crippen LogP contribution >= 0.6 is 47.8 Å². The normalized spacial score (nSPS) is 10.9. The van der Waals surface area contributed by atoms with Gasteiger partial charge in [-0.3, -0.25) is 0 Å². The van der Waals surface area contributed by atoms with Crippen molar-refractivity contribution in [2.24, 2.45) is 0 Å². The van der Waals surface area contributed by atoms with Gasteiger partial charge in [-0.05, 0) is 0 Å². The molecule has 3 rings (SSSR count). The number of benzene rings is 3. The van der Waals surface area contributed by atoms with Crippen LogP contribution in [0.5, 0.6) is 0 Å². The average Bonchev–Trinajstić information content (AvgIpc) is 2.53. The van der Waals surface area contributed by atoms with Crippen LogP contribution in [0.2, 0.25) is 0 Å². The molecule has 0 N–H and O–H groups in total. The van der Waals surface area contributed by atoms with Crippen LogP contribution in [0.15, 0.2) is 86.2 Å². The first-order chi connectivity index (χ1) is 10.6. The average molecular weight is 590 g/mol. The van der Waals surface area contributed by atoms with Gasteiger partial charge in [0.05, 0.1) is 0 Å². The summed E-state index contributed by atoms with van der Waals surface area (Å²) in [6.45, 7) is 0. The molecule has 4 heteroatoms. The summed E-state index contributed by atoms with van der Waals surface area (Å²) in [5.41, 5.74) is 0. The second-order valence-electron chi connectivity index (χ2n) is 4.76. The van der Waals surface area contributed by atoms with Crippen LogP contribution < -0.4 is 10.5 Å². The van der Waals surface area contributed by atoms with E-state index in [4.69, 9.17) is 0 Å². The summed E-state index contributed by atoms with van der Waals surface area (Å²) in [5.74, 6) is 0. The molecule has 0 bridgehead atoms. The molecule has 22 heavy (non-hydrogen) atoms. The van der Waals surface area contributed by atoms with Crippen LogP contribution in [0.1, 0.15) is 0 Å². The fraction of sp³-hybridized carbons (Fsp3) is 0. The molecule has 0 fully saturated rings. The van der Waals surface area contributed by atoms with Crippen molar-refractivity contribution >= 4 is 78.5 Å². The molecule has 0 aliphatic heterocycles. The van der Waals surface area contributed by atoms with Crippen LogP contribution in [0.3, 0.4) is 0 Å². The molecule has 0 spiro atoms. The van der Waals surface area contributed by atoms with Gasteiger partial charge in [-0.15, -0.1) is 0 Å². The Labute approximate surface area is 163 Å². The van der Waals surface area contributed by atoms with Crippen molar-refractivity contribution in [2.75, 3.05) is 0 Å². The number of halogens is 3. The Hall–Kier alpha value is -0.0818. The van der Waals surface area contributed by atoms with Gasteiger partial charge in [-0.1, -0.05) is 0 Å². The summed E-state index contributed by atoms with van der Waals surface area (Å²) in [6, 6.07) is 26.4. The minimum atomic E-state index is -1.97. The molecule has 110 valence electrons. The standard InChI is InChI=1S/3C6H4Br.Sb/c3*7-6-4-2-1-3-5-6;/h3*2-5H;. The molecule has 0 aromatic heterocycles. The van der Waals surface area contributed by atoms with Crippen molar-refractivity contribution in [3.8, 4) is 0 Å². The van der Waals surface area contributed by atoms with Crippen LogP contribution in [0, 0.1) is 0 Å². The van der Waals surface area contributed by atoms with E-state index in [0.717, 1.165) is 13.4 Å². The summed E-state index contributed by atoms with van der Waals surface area (Å²) in [4.78, 5) is 0. The number of hydrogen-bond donors (Lipinski definition) is 0. The van der Waals surface area contributed by atoms with Crippen LogP contribution in [0.4, 0.5) is 0 Å². The third-order valence-corrected chi connectivity index (χ3v) is 11.8. The SMILES string of the molecule is Brc1cc[c]([Sb]([c]2ccc(Br)cc2)[c]2ccc(Br)cc2)cc1.